The van der Waals surface area contributed by atoms with Gasteiger partial charge < -0.3 is 20.2 Å². The number of H-pyrrole nitrogens is 1. The summed E-state index contributed by atoms with van der Waals surface area (Å²) in [6.07, 6.45) is 4.09. The van der Waals surface area contributed by atoms with Crippen molar-refractivity contribution in [2.24, 2.45) is 5.41 Å². The molecule has 1 aliphatic carbocycles. The molecule has 0 spiro atoms. The van der Waals surface area contributed by atoms with Gasteiger partial charge in [-0.3, -0.25) is 23.9 Å². The molecule has 1 aromatic carbocycles. The molecule has 0 amide bonds. The quantitative estimate of drug-likeness (QED) is 0.255. The summed E-state index contributed by atoms with van der Waals surface area (Å²) in [4.78, 5) is 59.1. The predicted octanol–water partition coefficient (Wildman–Crippen LogP) is 3.25. The number of carbonyl (C=O) groups is 2. The molecule has 13 nitrogen and oxygen atoms in total. The van der Waals surface area contributed by atoms with E-state index in [0.717, 1.165) is 32.4 Å². The number of hydroxylamine groups is 2. The Bertz CT molecular complexity index is 1630. The zero-order chi connectivity index (χ0) is 32.1. The lowest BCUT2D eigenvalue weighted by Gasteiger charge is -2.36. The van der Waals surface area contributed by atoms with Crippen molar-refractivity contribution in [3.63, 3.8) is 0 Å². The standard InChI is InChI=1S/C32H43N7O6/c1-5-7-18-44-30-35-28(33)26-29(36-30)39(31(42)34-26)16-13-37-11-14-38(15-12-37)45-20-32(3,4)22-19-23(40)25-21(27(22)41)9-8-10-24(25)43-17-6-2/h8-10,19H,5-7,11-18,20H2,1-4H3,(H,34,42)(H2,33,35,36). The van der Waals surface area contributed by atoms with Gasteiger partial charge in [-0.05, 0) is 25.0 Å². The third-order valence-corrected chi connectivity index (χ3v) is 8.17. The zero-order valence-corrected chi connectivity index (χ0v) is 26.6. The maximum atomic E-state index is 13.5. The van der Waals surface area contributed by atoms with E-state index in [1.807, 2.05) is 25.8 Å². The first kappa shape index (κ1) is 32.3. The van der Waals surface area contributed by atoms with Crippen LogP contribution < -0.4 is 20.9 Å². The van der Waals surface area contributed by atoms with E-state index >= 15 is 0 Å². The first-order valence-electron chi connectivity index (χ1n) is 15.7. The van der Waals surface area contributed by atoms with E-state index in [1.165, 1.54) is 6.08 Å². The normalized spacial score (nSPS) is 16.2. The molecule has 0 saturated carbocycles. The minimum Gasteiger partial charge on any atom is -0.493 e. The van der Waals surface area contributed by atoms with Gasteiger partial charge in [0.25, 0.3) is 0 Å². The first-order valence-corrected chi connectivity index (χ1v) is 15.7. The number of benzene rings is 1. The van der Waals surface area contributed by atoms with Gasteiger partial charge in [0.1, 0.15) is 11.3 Å². The Morgan fingerprint density at radius 2 is 1.76 bits per heavy atom. The number of unbranched alkanes of at least 4 members (excludes halogenated alkanes) is 1. The number of ketones is 2. The van der Waals surface area contributed by atoms with E-state index in [-0.39, 0.29) is 35.7 Å². The number of fused-ring (bicyclic) bond motifs is 2. The maximum absolute atomic E-state index is 13.5. The number of ether oxygens (including phenoxy) is 2. The maximum Gasteiger partial charge on any atom is 0.327 e. The number of nitrogens with two attached hydrogens (primary N) is 1. The summed E-state index contributed by atoms with van der Waals surface area (Å²) in [6.45, 7) is 12.9. The second-order valence-electron chi connectivity index (χ2n) is 12.1. The topological polar surface area (TPSA) is 158 Å². The van der Waals surface area contributed by atoms with Crippen LogP contribution in [0.15, 0.2) is 34.6 Å². The third-order valence-electron chi connectivity index (χ3n) is 8.17. The number of aromatic amines is 1. The van der Waals surface area contributed by atoms with Crippen LogP contribution in [-0.2, 0) is 11.4 Å². The number of nitrogens with one attached hydrogen (secondary N) is 1. The smallest absolute Gasteiger partial charge is 0.327 e. The number of nitrogen functional groups attached to an aromatic ring is 1. The van der Waals surface area contributed by atoms with Crippen LogP contribution in [-0.4, -0.2) is 93.6 Å². The van der Waals surface area contributed by atoms with E-state index in [2.05, 4.69) is 26.8 Å². The summed E-state index contributed by atoms with van der Waals surface area (Å²) < 4.78 is 12.9. The van der Waals surface area contributed by atoms with Gasteiger partial charge in [0.05, 0.1) is 25.4 Å². The van der Waals surface area contributed by atoms with Gasteiger partial charge in [-0.25, -0.2) is 4.79 Å². The molecular weight excluding hydrogens is 578 g/mol. The molecule has 0 atom stereocenters. The molecule has 13 heteroatoms. The molecule has 0 bridgehead atoms. The van der Waals surface area contributed by atoms with Gasteiger partial charge >= 0.3 is 11.7 Å². The van der Waals surface area contributed by atoms with Gasteiger partial charge in [0, 0.05) is 55.8 Å². The Morgan fingerprint density at radius 3 is 2.49 bits per heavy atom. The van der Waals surface area contributed by atoms with Crippen LogP contribution >= 0.6 is 0 Å². The second kappa shape index (κ2) is 13.9. The number of hydrogen-bond acceptors (Lipinski definition) is 11. The molecule has 242 valence electrons. The molecule has 0 radical (unpaired) electrons. The lowest BCUT2D eigenvalue weighted by atomic mass is 9.76. The Hall–Kier alpha value is -4.07. The summed E-state index contributed by atoms with van der Waals surface area (Å²) >= 11 is 0. The summed E-state index contributed by atoms with van der Waals surface area (Å²) in [5.41, 5.74) is 7.06. The number of Topliss-reactive ketones (excluding diaryl/α,β-unsaturated/α-hetero) is 1. The van der Waals surface area contributed by atoms with Gasteiger partial charge in [-0.15, -0.1) is 0 Å². The third kappa shape index (κ3) is 7.10. The fourth-order valence-electron chi connectivity index (χ4n) is 5.49. The fourth-order valence-corrected chi connectivity index (χ4v) is 5.49. The minimum atomic E-state index is -0.693. The summed E-state index contributed by atoms with van der Waals surface area (Å²) in [7, 11) is 0. The van der Waals surface area contributed by atoms with Crippen LogP contribution in [0.4, 0.5) is 5.82 Å². The average molecular weight is 622 g/mol. The highest BCUT2D eigenvalue weighted by Crippen LogP contribution is 2.37. The molecule has 1 saturated heterocycles. The number of aromatic nitrogens is 4. The Morgan fingerprint density at radius 1 is 0.978 bits per heavy atom. The number of imidazole rings is 1. The van der Waals surface area contributed by atoms with E-state index < -0.39 is 5.41 Å². The van der Waals surface area contributed by atoms with Crippen molar-refractivity contribution < 1.29 is 23.9 Å². The predicted molar refractivity (Wildman–Crippen MR) is 170 cm³/mol. The largest absolute Gasteiger partial charge is 0.493 e. The molecule has 3 N–H and O–H groups in total. The lowest BCUT2D eigenvalue weighted by molar-refractivity contribution is -0.191. The van der Waals surface area contributed by atoms with Crippen molar-refractivity contribution in [2.75, 3.05) is 58.3 Å². The van der Waals surface area contributed by atoms with Crippen LogP contribution in [0.25, 0.3) is 11.2 Å². The number of carbonyl (C=O) groups excluding carboxylic acids is 2. The molecular formula is C32H43N7O6. The molecule has 2 aromatic heterocycles. The van der Waals surface area contributed by atoms with Gasteiger partial charge in [0.15, 0.2) is 23.0 Å². The molecule has 1 aliphatic heterocycles. The van der Waals surface area contributed by atoms with Crippen LogP contribution in [0.3, 0.4) is 0 Å². The van der Waals surface area contributed by atoms with Crippen molar-refractivity contribution in [1.29, 1.82) is 0 Å². The second-order valence-corrected chi connectivity index (χ2v) is 12.1. The Balaban J connectivity index is 1.15. The van der Waals surface area contributed by atoms with E-state index in [9.17, 15) is 14.4 Å². The molecule has 2 aliphatic rings. The van der Waals surface area contributed by atoms with Crippen molar-refractivity contribution in [3.8, 4) is 11.8 Å². The number of hydrogen-bond donors (Lipinski definition) is 2. The van der Waals surface area contributed by atoms with Crippen molar-refractivity contribution in [2.45, 2.75) is 53.5 Å². The number of rotatable bonds is 14. The SMILES string of the molecule is CCCCOc1nc(N)c2[nH]c(=O)n(CCN3CCN(OCC(C)(C)C4=CC(=O)c5c(OCCC)cccc5C4=O)CC3)c2n1. The average Bonchev–Trinajstić information content (AvgIpc) is 3.35. The van der Waals surface area contributed by atoms with E-state index in [1.54, 1.807) is 22.8 Å². The van der Waals surface area contributed by atoms with E-state index in [4.69, 9.17) is 20.0 Å². The highest BCUT2D eigenvalue weighted by Gasteiger charge is 2.37. The van der Waals surface area contributed by atoms with E-state index in [0.29, 0.717) is 73.0 Å². The van der Waals surface area contributed by atoms with Gasteiger partial charge in [-0.1, -0.05) is 46.2 Å². The number of piperazine rings is 1. The Labute approximate surface area is 262 Å². The lowest BCUT2D eigenvalue weighted by Crippen LogP contribution is -2.48. The molecule has 0 unspecified atom stereocenters. The minimum absolute atomic E-state index is 0.167. The number of anilines is 1. The Kier molecular flexibility index (Phi) is 10.0. The van der Waals surface area contributed by atoms with Crippen LogP contribution in [0.2, 0.25) is 0 Å². The van der Waals surface area contributed by atoms with Crippen molar-refractivity contribution in [1.82, 2.24) is 29.5 Å². The molecule has 5 rings (SSSR count). The number of nitrogens with zero attached hydrogens (tertiary/aromatic N) is 5. The highest BCUT2D eigenvalue weighted by molar-refractivity contribution is 6.26. The first-order chi connectivity index (χ1) is 21.6. The summed E-state index contributed by atoms with van der Waals surface area (Å²) in [5.74, 6) is 0.227. The van der Waals surface area contributed by atoms with Crippen LogP contribution in [0.1, 0.15) is 67.7 Å². The number of allylic oxidation sites excluding steroid dienone is 1. The fraction of sp³-hybridized carbons (Fsp3) is 0.531. The van der Waals surface area contributed by atoms with Crippen molar-refractivity contribution >= 4 is 28.5 Å². The van der Waals surface area contributed by atoms with Crippen LogP contribution in [0.5, 0.6) is 11.8 Å². The monoisotopic (exact) mass is 621 g/mol. The van der Waals surface area contributed by atoms with Crippen molar-refractivity contribution in [3.05, 3.63) is 51.5 Å². The molecule has 3 aromatic rings. The summed E-state index contributed by atoms with van der Waals surface area (Å²) in [5, 5.41) is 1.89. The molecule has 1 fully saturated rings. The summed E-state index contributed by atoms with van der Waals surface area (Å²) in [6, 6.07) is 5.33. The zero-order valence-electron chi connectivity index (χ0n) is 26.6. The molecule has 3 heterocycles. The van der Waals surface area contributed by atoms with Crippen LogP contribution in [0, 0.1) is 5.41 Å². The molecule has 45 heavy (non-hydrogen) atoms. The highest BCUT2D eigenvalue weighted by atomic mass is 16.7. The van der Waals surface area contributed by atoms with Gasteiger partial charge in [-0.2, -0.15) is 15.0 Å². The van der Waals surface area contributed by atoms with Gasteiger partial charge in [0.2, 0.25) is 0 Å².